The number of aliphatic hydroxyl groups is 4. The fraction of sp³-hybridized carbons (Fsp3) is 0.619. The topological polar surface area (TPSA) is 160 Å². The van der Waals surface area contributed by atoms with Gasteiger partial charge in [0.05, 0.1) is 25.3 Å². The monoisotopic (exact) mass is 441 g/mol. The predicted octanol–water partition coefficient (Wildman–Crippen LogP) is -0.0639. The zero-order chi connectivity index (χ0) is 23.4. The van der Waals surface area contributed by atoms with Crippen LogP contribution in [0.4, 0.5) is 5.69 Å². The van der Waals surface area contributed by atoms with Crippen LogP contribution in [0.15, 0.2) is 18.2 Å². The van der Waals surface area contributed by atoms with E-state index in [1.54, 1.807) is 32.0 Å². The van der Waals surface area contributed by atoms with Crippen LogP contribution in [0.25, 0.3) is 0 Å². The number of hydrogen-bond donors (Lipinski definition) is 7. The zero-order valence-corrected chi connectivity index (χ0v) is 18.3. The summed E-state index contributed by atoms with van der Waals surface area (Å²) in [6, 6.07) is 3.40. The van der Waals surface area contributed by atoms with Gasteiger partial charge in [0.25, 0.3) is 0 Å². The first-order chi connectivity index (χ1) is 14.7. The van der Waals surface area contributed by atoms with E-state index in [2.05, 4.69) is 16.0 Å². The number of benzene rings is 1. The number of unbranched alkanes of at least 4 members (excludes halogenated alkanes) is 1. The maximum absolute atomic E-state index is 12.4. The number of hydrogen-bond acceptors (Lipinski definition) is 8. The summed E-state index contributed by atoms with van der Waals surface area (Å²) in [6.07, 6.45) is -0.0950. The summed E-state index contributed by atoms with van der Waals surface area (Å²) >= 11 is 0. The third-order valence-electron chi connectivity index (χ3n) is 4.74. The minimum Gasteiger partial charge on any atom is -0.392 e. The van der Waals surface area contributed by atoms with Gasteiger partial charge in [-0.1, -0.05) is 6.07 Å². The lowest BCUT2D eigenvalue weighted by atomic mass is 10.1. The van der Waals surface area contributed by atoms with Gasteiger partial charge < -0.3 is 35.8 Å². The number of amides is 2. The number of nitrogens with one attached hydrogen (secondary N) is 3. The van der Waals surface area contributed by atoms with E-state index in [9.17, 15) is 30.0 Å². The van der Waals surface area contributed by atoms with Crippen molar-refractivity contribution in [2.45, 2.75) is 77.3 Å². The Balaban J connectivity index is 2.46. The van der Waals surface area contributed by atoms with E-state index in [1.807, 2.05) is 0 Å². The number of carbonyl (C=O) groups is 2. The molecule has 0 bridgehead atoms. The van der Waals surface area contributed by atoms with Crippen molar-refractivity contribution in [1.82, 2.24) is 10.6 Å². The van der Waals surface area contributed by atoms with Gasteiger partial charge in [-0.05, 0) is 56.4 Å². The van der Waals surface area contributed by atoms with Gasteiger partial charge in [0.2, 0.25) is 11.8 Å². The van der Waals surface area contributed by atoms with Gasteiger partial charge in [-0.2, -0.15) is 0 Å². The molecule has 0 aliphatic rings. The highest BCUT2D eigenvalue weighted by Gasteiger charge is 2.22. The van der Waals surface area contributed by atoms with Gasteiger partial charge in [-0.25, -0.2) is 0 Å². The Hall–Kier alpha value is -2.08. The summed E-state index contributed by atoms with van der Waals surface area (Å²) in [5, 5.41) is 46.2. The lowest BCUT2D eigenvalue weighted by molar-refractivity contribution is -0.123. The Bertz CT molecular complexity index is 679. The van der Waals surface area contributed by atoms with Crippen molar-refractivity contribution in [2.75, 3.05) is 12.4 Å². The predicted molar refractivity (Wildman–Crippen MR) is 115 cm³/mol. The Morgan fingerprint density at radius 3 is 2.19 bits per heavy atom. The van der Waals surface area contributed by atoms with E-state index in [1.165, 1.54) is 7.11 Å². The molecule has 0 aliphatic carbocycles. The van der Waals surface area contributed by atoms with Gasteiger partial charge >= 0.3 is 0 Å². The van der Waals surface area contributed by atoms with E-state index in [0.717, 1.165) is 0 Å². The zero-order valence-electron chi connectivity index (χ0n) is 18.3. The molecule has 31 heavy (non-hydrogen) atoms. The third kappa shape index (κ3) is 10.2. The molecule has 0 saturated carbocycles. The fourth-order valence-electron chi connectivity index (χ4n) is 2.87. The second-order valence-corrected chi connectivity index (χ2v) is 7.47. The second kappa shape index (κ2) is 14.1. The molecule has 10 heteroatoms. The normalized spacial score (nSPS) is 15.1. The summed E-state index contributed by atoms with van der Waals surface area (Å²) in [7, 11) is 1.41. The van der Waals surface area contributed by atoms with Gasteiger partial charge in [-0.3, -0.25) is 14.9 Å². The SMILES string of the molecule is COC(O)CCCCC(=O)N[C@@H](C)C(O)N[C@@H](C)C(=O)Nc1cc(CO)cc(CO)c1. The highest BCUT2D eigenvalue weighted by molar-refractivity contribution is 5.94. The molecule has 0 fully saturated rings. The number of anilines is 1. The first-order valence-corrected chi connectivity index (χ1v) is 10.3. The molecule has 0 spiro atoms. The van der Waals surface area contributed by atoms with E-state index >= 15 is 0 Å². The molecule has 0 aromatic heterocycles. The van der Waals surface area contributed by atoms with Crippen LogP contribution >= 0.6 is 0 Å². The summed E-state index contributed by atoms with van der Waals surface area (Å²) < 4.78 is 4.73. The lowest BCUT2D eigenvalue weighted by Crippen LogP contribution is -2.53. The molecule has 1 rings (SSSR count). The number of ether oxygens (including phenoxy) is 1. The van der Waals surface area contributed by atoms with Gasteiger partial charge in [0.15, 0.2) is 6.29 Å². The Labute approximate surface area is 182 Å². The number of aliphatic hydroxyl groups excluding tert-OH is 4. The molecule has 10 nitrogen and oxygen atoms in total. The minimum absolute atomic E-state index is 0.229. The smallest absolute Gasteiger partial charge is 0.241 e. The van der Waals surface area contributed by atoms with Crippen LogP contribution in [0.2, 0.25) is 0 Å². The average Bonchev–Trinajstić information content (AvgIpc) is 2.75. The largest absolute Gasteiger partial charge is 0.392 e. The van der Waals surface area contributed by atoms with E-state index in [4.69, 9.17) is 4.74 Å². The highest BCUT2D eigenvalue weighted by Crippen LogP contribution is 2.16. The molecule has 1 aromatic carbocycles. The molecule has 0 heterocycles. The second-order valence-electron chi connectivity index (χ2n) is 7.47. The Morgan fingerprint density at radius 2 is 1.65 bits per heavy atom. The van der Waals surface area contributed by atoms with E-state index < -0.39 is 30.5 Å². The minimum atomic E-state index is -1.16. The molecule has 2 amide bonds. The maximum atomic E-state index is 12.4. The molecule has 0 aliphatic heterocycles. The van der Waals surface area contributed by atoms with Crippen molar-refractivity contribution in [3.63, 3.8) is 0 Å². The first kappa shape index (κ1) is 27.0. The Kier molecular flexibility index (Phi) is 12.2. The van der Waals surface area contributed by atoms with Crippen LogP contribution in [0.1, 0.15) is 50.7 Å². The quantitative estimate of drug-likeness (QED) is 0.156. The molecular formula is C21H35N3O7. The van der Waals surface area contributed by atoms with Crippen LogP contribution in [0, 0.1) is 0 Å². The number of methoxy groups -OCH3 is 1. The molecule has 0 radical (unpaired) electrons. The summed E-state index contributed by atoms with van der Waals surface area (Å²) in [5.41, 5.74) is 1.52. The van der Waals surface area contributed by atoms with Crippen molar-refractivity contribution in [3.8, 4) is 0 Å². The molecule has 176 valence electrons. The summed E-state index contributed by atoms with van der Waals surface area (Å²) in [6.45, 7) is 2.73. The van der Waals surface area contributed by atoms with Gasteiger partial charge in [0.1, 0.15) is 6.23 Å². The first-order valence-electron chi connectivity index (χ1n) is 10.3. The van der Waals surface area contributed by atoms with E-state index in [0.29, 0.717) is 36.1 Å². The van der Waals surface area contributed by atoms with Crippen molar-refractivity contribution >= 4 is 17.5 Å². The van der Waals surface area contributed by atoms with Crippen molar-refractivity contribution in [3.05, 3.63) is 29.3 Å². The number of rotatable bonds is 14. The summed E-state index contributed by atoms with van der Waals surface area (Å²) in [5.74, 6) is -0.664. The molecule has 4 atom stereocenters. The van der Waals surface area contributed by atoms with Crippen LogP contribution in [-0.2, 0) is 27.5 Å². The standard InChI is InChI=1S/C21H35N3O7/c1-13(22-18(27)6-4-5-7-19(28)31-3)20(29)23-14(2)21(30)24-17-9-15(11-25)8-16(10-17)12-26/h8-10,13-14,19-20,23,25-26,28-29H,4-7,11-12H2,1-3H3,(H,22,27)(H,24,30)/t13-,14-,19?,20?/m0/s1. The molecular weight excluding hydrogens is 406 g/mol. The van der Waals surface area contributed by atoms with Crippen LogP contribution in [0.3, 0.4) is 0 Å². The van der Waals surface area contributed by atoms with Crippen LogP contribution in [0.5, 0.6) is 0 Å². The molecule has 1 aromatic rings. The van der Waals surface area contributed by atoms with Crippen LogP contribution < -0.4 is 16.0 Å². The molecule has 2 unspecified atom stereocenters. The molecule has 7 N–H and O–H groups in total. The van der Waals surface area contributed by atoms with Gasteiger partial charge in [0, 0.05) is 19.2 Å². The Morgan fingerprint density at radius 1 is 1.03 bits per heavy atom. The van der Waals surface area contributed by atoms with Crippen LogP contribution in [-0.4, -0.2) is 64.0 Å². The highest BCUT2D eigenvalue weighted by atomic mass is 16.6. The van der Waals surface area contributed by atoms with Gasteiger partial charge in [-0.15, -0.1) is 0 Å². The average molecular weight is 442 g/mol. The molecule has 0 saturated heterocycles. The summed E-state index contributed by atoms with van der Waals surface area (Å²) in [4.78, 5) is 24.4. The number of carbonyl (C=O) groups excluding carboxylic acids is 2. The lowest BCUT2D eigenvalue weighted by Gasteiger charge is -2.24. The maximum Gasteiger partial charge on any atom is 0.241 e. The van der Waals surface area contributed by atoms with Crippen molar-refractivity contribution < 1.29 is 34.8 Å². The van der Waals surface area contributed by atoms with Crippen molar-refractivity contribution in [1.29, 1.82) is 0 Å². The fourth-order valence-corrected chi connectivity index (χ4v) is 2.87. The third-order valence-corrected chi connectivity index (χ3v) is 4.74. The van der Waals surface area contributed by atoms with E-state index in [-0.39, 0.29) is 25.5 Å². The van der Waals surface area contributed by atoms with Crippen molar-refractivity contribution in [2.24, 2.45) is 0 Å².